The van der Waals surface area contributed by atoms with Crippen LogP contribution in [0, 0.1) is 5.41 Å². The summed E-state index contributed by atoms with van der Waals surface area (Å²) >= 11 is 0. The standard InChI is InChI=1S/C11H21NO4/c1-11(2,3)10(14)16-8-15-9(13)6-4-5-7-12/h4-8,12H2,1-3H3. The van der Waals surface area contributed by atoms with Crippen molar-refractivity contribution in [3.05, 3.63) is 0 Å². The number of ether oxygens (including phenoxy) is 2. The summed E-state index contributed by atoms with van der Waals surface area (Å²) in [7, 11) is 0. The molecule has 0 aliphatic heterocycles. The number of rotatable bonds is 6. The van der Waals surface area contributed by atoms with Crippen LogP contribution < -0.4 is 5.73 Å². The minimum absolute atomic E-state index is 0.308. The van der Waals surface area contributed by atoms with Crippen LogP contribution in [0.5, 0.6) is 0 Å². The van der Waals surface area contributed by atoms with Crippen LogP contribution in [0.3, 0.4) is 0 Å². The Labute approximate surface area is 96.3 Å². The maximum absolute atomic E-state index is 11.3. The number of unbranched alkanes of at least 4 members (excludes halogenated alkanes) is 1. The van der Waals surface area contributed by atoms with Crippen LogP contribution in [0.4, 0.5) is 0 Å². The number of hydrogen-bond donors (Lipinski definition) is 1. The zero-order valence-corrected chi connectivity index (χ0v) is 10.2. The van der Waals surface area contributed by atoms with Crippen LogP contribution in [0.25, 0.3) is 0 Å². The summed E-state index contributed by atoms with van der Waals surface area (Å²) in [5.74, 6) is -0.752. The molecule has 0 saturated carbocycles. The van der Waals surface area contributed by atoms with E-state index < -0.39 is 5.41 Å². The van der Waals surface area contributed by atoms with Gasteiger partial charge in [-0.15, -0.1) is 0 Å². The van der Waals surface area contributed by atoms with Gasteiger partial charge in [-0.25, -0.2) is 0 Å². The monoisotopic (exact) mass is 231 g/mol. The van der Waals surface area contributed by atoms with Crippen LogP contribution in [0.15, 0.2) is 0 Å². The Bertz CT molecular complexity index is 233. The van der Waals surface area contributed by atoms with Crippen molar-refractivity contribution in [2.24, 2.45) is 11.1 Å². The minimum Gasteiger partial charge on any atom is -0.428 e. The molecule has 0 aromatic heterocycles. The fraction of sp³-hybridized carbons (Fsp3) is 0.818. The topological polar surface area (TPSA) is 78.6 Å². The van der Waals surface area contributed by atoms with E-state index in [1.165, 1.54) is 0 Å². The Morgan fingerprint density at radius 3 is 2.25 bits per heavy atom. The molecule has 0 rings (SSSR count). The molecule has 0 aromatic carbocycles. The predicted molar refractivity (Wildman–Crippen MR) is 59.4 cm³/mol. The summed E-state index contributed by atoms with van der Waals surface area (Å²) in [4.78, 5) is 22.4. The van der Waals surface area contributed by atoms with Crippen molar-refractivity contribution in [2.75, 3.05) is 13.3 Å². The molecule has 0 heterocycles. The summed E-state index contributed by atoms with van der Waals surface area (Å²) in [5.41, 5.74) is 4.70. The van der Waals surface area contributed by atoms with Gasteiger partial charge in [0.2, 0.25) is 6.79 Å². The van der Waals surface area contributed by atoms with Crippen molar-refractivity contribution in [3.8, 4) is 0 Å². The van der Waals surface area contributed by atoms with E-state index in [1.807, 2.05) is 0 Å². The van der Waals surface area contributed by atoms with Crippen molar-refractivity contribution in [3.63, 3.8) is 0 Å². The van der Waals surface area contributed by atoms with Crippen molar-refractivity contribution >= 4 is 11.9 Å². The van der Waals surface area contributed by atoms with E-state index in [0.29, 0.717) is 19.4 Å². The molecule has 0 saturated heterocycles. The third-order valence-electron chi connectivity index (χ3n) is 1.86. The van der Waals surface area contributed by atoms with Crippen molar-refractivity contribution < 1.29 is 19.1 Å². The zero-order valence-electron chi connectivity index (χ0n) is 10.2. The predicted octanol–water partition coefficient (Wildman–Crippen LogP) is 1.21. The molecule has 0 aliphatic carbocycles. The second-order valence-electron chi connectivity index (χ2n) is 4.56. The van der Waals surface area contributed by atoms with Gasteiger partial charge in [0.15, 0.2) is 0 Å². The molecule has 94 valence electrons. The molecular formula is C11H21NO4. The van der Waals surface area contributed by atoms with E-state index in [-0.39, 0.29) is 18.7 Å². The van der Waals surface area contributed by atoms with Crippen LogP contribution in [0.1, 0.15) is 40.0 Å². The van der Waals surface area contributed by atoms with Gasteiger partial charge >= 0.3 is 11.9 Å². The van der Waals surface area contributed by atoms with E-state index in [0.717, 1.165) is 6.42 Å². The highest BCUT2D eigenvalue weighted by molar-refractivity contribution is 5.75. The Hall–Kier alpha value is -1.10. The highest BCUT2D eigenvalue weighted by atomic mass is 16.7. The van der Waals surface area contributed by atoms with Crippen LogP contribution >= 0.6 is 0 Å². The Kier molecular flexibility index (Phi) is 6.72. The molecule has 0 aliphatic rings. The minimum atomic E-state index is -0.577. The summed E-state index contributed by atoms with van der Waals surface area (Å²) in [5, 5.41) is 0. The van der Waals surface area contributed by atoms with E-state index in [9.17, 15) is 9.59 Å². The lowest BCUT2D eigenvalue weighted by Gasteiger charge is -2.16. The van der Waals surface area contributed by atoms with Gasteiger partial charge in [-0.2, -0.15) is 0 Å². The van der Waals surface area contributed by atoms with Crippen molar-refractivity contribution in [1.82, 2.24) is 0 Å². The smallest absolute Gasteiger partial charge is 0.314 e. The van der Waals surface area contributed by atoms with Gasteiger partial charge in [-0.3, -0.25) is 9.59 Å². The van der Waals surface area contributed by atoms with Crippen LogP contribution in [-0.4, -0.2) is 25.3 Å². The first-order chi connectivity index (χ1) is 7.38. The quantitative estimate of drug-likeness (QED) is 0.422. The molecule has 0 fully saturated rings. The molecule has 5 heteroatoms. The second-order valence-corrected chi connectivity index (χ2v) is 4.56. The van der Waals surface area contributed by atoms with Crippen LogP contribution in [0.2, 0.25) is 0 Å². The van der Waals surface area contributed by atoms with Crippen LogP contribution in [-0.2, 0) is 19.1 Å². The number of esters is 2. The molecule has 0 unspecified atom stereocenters. The molecule has 0 bridgehead atoms. The third kappa shape index (κ3) is 7.23. The van der Waals surface area contributed by atoms with E-state index in [1.54, 1.807) is 20.8 Å². The van der Waals surface area contributed by atoms with E-state index >= 15 is 0 Å². The van der Waals surface area contributed by atoms with Gasteiger partial charge in [-0.1, -0.05) is 0 Å². The van der Waals surface area contributed by atoms with Crippen molar-refractivity contribution in [2.45, 2.75) is 40.0 Å². The van der Waals surface area contributed by atoms with Gasteiger partial charge in [0.1, 0.15) is 0 Å². The molecular weight excluding hydrogens is 210 g/mol. The summed E-state index contributed by atoms with van der Waals surface area (Å²) in [6.07, 6.45) is 1.80. The molecule has 0 atom stereocenters. The first-order valence-electron chi connectivity index (χ1n) is 5.41. The highest BCUT2D eigenvalue weighted by Gasteiger charge is 2.23. The van der Waals surface area contributed by atoms with E-state index in [4.69, 9.17) is 15.2 Å². The van der Waals surface area contributed by atoms with Gasteiger partial charge in [0, 0.05) is 6.42 Å². The Morgan fingerprint density at radius 1 is 1.12 bits per heavy atom. The van der Waals surface area contributed by atoms with Gasteiger partial charge in [0.25, 0.3) is 0 Å². The first kappa shape index (κ1) is 14.9. The summed E-state index contributed by atoms with van der Waals surface area (Å²) in [6, 6.07) is 0. The molecule has 0 radical (unpaired) electrons. The average Bonchev–Trinajstić information content (AvgIpc) is 2.16. The Morgan fingerprint density at radius 2 is 1.75 bits per heavy atom. The maximum Gasteiger partial charge on any atom is 0.314 e. The van der Waals surface area contributed by atoms with Crippen molar-refractivity contribution in [1.29, 1.82) is 0 Å². The molecule has 0 amide bonds. The highest BCUT2D eigenvalue weighted by Crippen LogP contribution is 2.14. The zero-order chi connectivity index (χ0) is 12.6. The largest absolute Gasteiger partial charge is 0.428 e. The van der Waals surface area contributed by atoms with Gasteiger partial charge in [-0.05, 0) is 40.2 Å². The number of carbonyl (C=O) groups excluding carboxylic acids is 2. The number of nitrogens with two attached hydrogens (primary N) is 1. The molecule has 5 nitrogen and oxygen atoms in total. The normalized spacial score (nSPS) is 11.0. The lowest BCUT2D eigenvalue weighted by Crippen LogP contribution is -2.24. The molecule has 0 aromatic rings. The second kappa shape index (κ2) is 7.22. The maximum atomic E-state index is 11.3. The number of carbonyl (C=O) groups is 2. The Balaban J connectivity index is 3.59. The fourth-order valence-electron chi connectivity index (χ4n) is 0.851. The SMILES string of the molecule is CC(C)(C)C(=O)OCOC(=O)CCCCN. The summed E-state index contributed by atoms with van der Waals surface area (Å²) < 4.78 is 9.51. The molecule has 16 heavy (non-hydrogen) atoms. The van der Waals surface area contributed by atoms with Gasteiger partial charge < -0.3 is 15.2 Å². The average molecular weight is 231 g/mol. The lowest BCUT2D eigenvalue weighted by atomic mass is 9.98. The molecule has 2 N–H and O–H groups in total. The third-order valence-corrected chi connectivity index (χ3v) is 1.86. The lowest BCUT2D eigenvalue weighted by molar-refractivity contribution is -0.173. The van der Waals surface area contributed by atoms with E-state index in [2.05, 4.69) is 0 Å². The van der Waals surface area contributed by atoms with Gasteiger partial charge in [0.05, 0.1) is 5.41 Å². The fourth-order valence-corrected chi connectivity index (χ4v) is 0.851. The first-order valence-corrected chi connectivity index (χ1v) is 5.41. The number of hydrogen-bond acceptors (Lipinski definition) is 5. The molecule has 0 spiro atoms. The summed E-state index contributed by atoms with van der Waals surface area (Å²) in [6.45, 7) is 5.46.